The van der Waals surface area contributed by atoms with E-state index in [9.17, 15) is 10.1 Å². The molecule has 1 rings (SSSR count). The SMILES string of the molecule is Cc1cc([N+](=O)[O-])c(C)c(N)c1N. The van der Waals surface area contributed by atoms with Crippen molar-refractivity contribution in [2.75, 3.05) is 11.5 Å². The highest BCUT2D eigenvalue weighted by Crippen LogP contribution is 2.31. The Morgan fingerprint density at radius 1 is 1.31 bits per heavy atom. The van der Waals surface area contributed by atoms with E-state index in [0.717, 1.165) is 0 Å². The molecule has 0 aliphatic rings. The highest BCUT2D eigenvalue weighted by atomic mass is 16.6. The number of hydrogen-bond donors (Lipinski definition) is 2. The first-order valence-corrected chi connectivity index (χ1v) is 3.74. The van der Waals surface area contributed by atoms with Gasteiger partial charge in [-0.05, 0) is 19.4 Å². The van der Waals surface area contributed by atoms with Crippen LogP contribution in [0.1, 0.15) is 11.1 Å². The van der Waals surface area contributed by atoms with Crippen LogP contribution in [-0.4, -0.2) is 4.92 Å². The van der Waals surface area contributed by atoms with Gasteiger partial charge in [0.05, 0.1) is 21.9 Å². The minimum Gasteiger partial charge on any atom is -0.397 e. The van der Waals surface area contributed by atoms with E-state index in [1.54, 1.807) is 13.8 Å². The molecule has 0 saturated heterocycles. The van der Waals surface area contributed by atoms with Crippen molar-refractivity contribution in [3.05, 3.63) is 27.3 Å². The van der Waals surface area contributed by atoms with E-state index in [2.05, 4.69) is 0 Å². The molecule has 0 saturated carbocycles. The molecular formula is C8H11N3O2. The molecule has 0 heterocycles. The van der Waals surface area contributed by atoms with Crippen molar-refractivity contribution in [3.8, 4) is 0 Å². The molecule has 0 radical (unpaired) electrons. The fraction of sp³-hybridized carbons (Fsp3) is 0.250. The Hall–Kier alpha value is -1.78. The number of hydrogen-bond acceptors (Lipinski definition) is 4. The van der Waals surface area contributed by atoms with E-state index >= 15 is 0 Å². The van der Waals surface area contributed by atoms with Gasteiger partial charge >= 0.3 is 0 Å². The third-order valence-electron chi connectivity index (χ3n) is 2.05. The lowest BCUT2D eigenvalue weighted by Gasteiger charge is -2.07. The normalized spacial score (nSPS) is 10.0. The maximum absolute atomic E-state index is 10.5. The summed E-state index contributed by atoms with van der Waals surface area (Å²) in [4.78, 5) is 10.1. The summed E-state index contributed by atoms with van der Waals surface area (Å²) in [6.07, 6.45) is 0. The second kappa shape index (κ2) is 2.93. The summed E-state index contributed by atoms with van der Waals surface area (Å²) >= 11 is 0. The van der Waals surface area contributed by atoms with Gasteiger partial charge in [0, 0.05) is 6.07 Å². The summed E-state index contributed by atoms with van der Waals surface area (Å²) in [6, 6.07) is 1.43. The van der Waals surface area contributed by atoms with Gasteiger partial charge in [0.2, 0.25) is 0 Å². The fourth-order valence-electron chi connectivity index (χ4n) is 1.13. The summed E-state index contributed by atoms with van der Waals surface area (Å²) in [5, 5.41) is 10.5. The molecule has 1 aromatic rings. The van der Waals surface area contributed by atoms with Gasteiger partial charge in [-0.15, -0.1) is 0 Å². The Kier molecular flexibility index (Phi) is 2.10. The first-order valence-electron chi connectivity index (χ1n) is 3.74. The van der Waals surface area contributed by atoms with Crippen LogP contribution in [0.3, 0.4) is 0 Å². The number of nitro groups is 1. The van der Waals surface area contributed by atoms with Gasteiger partial charge in [-0.2, -0.15) is 0 Å². The van der Waals surface area contributed by atoms with Gasteiger partial charge in [0.15, 0.2) is 0 Å². The lowest BCUT2D eigenvalue weighted by molar-refractivity contribution is -0.385. The summed E-state index contributed by atoms with van der Waals surface area (Å²) < 4.78 is 0. The number of anilines is 2. The molecule has 0 spiro atoms. The predicted molar refractivity (Wildman–Crippen MR) is 51.4 cm³/mol. The van der Waals surface area contributed by atoms with Crippen LogP contribution in [0.5, 0.6) is 0 Å². The molecule has 0 aromatic heterocycles. The average Bonchev–Trinajstić information content (AvgIpc) is 2.07. The number of nitrogen functional groups attached to an aromatic ring is 2. The Morgan fingerprint density at radius 2 is 1.85 bits per heavy atom. The Labute approximate surface area is 75.5 Å². The van der Waals surface area contributed by atoms with Crippen LogP contribution in [0.25, 0.3) is 0 Å². The van der Waals surface area contributed by atoms with Crippen molar-refractivity contribution < 1.29 is 4.92 Å². The number of aryl methyl sites for hydroxylation is 1. The second-order valence-corrected chi connectivity index (χ2v) is 2.92. The molecule has 4 N–H and O–H groups in total. The van der Waals surface area contributed by atoms with Crippen LogP contribution in [0.2, 0.25) is 0 Å². The van der Waals surface area contributed by atoms with Crippen LogP contribution in [0, 0.1) is 24.0 Å². The van der Waals surface area contributed by atoms with Gasteiger partial charge in [-0.25, -0.2) is 0 Å². The number of nitrogens with two attached hydrogens (primary N) is 2. The average molecular weight is 181 g/mol. The molecule has 0 fully saturated rings. The number of rotatable bonds is 1. The number of nitro benzene ring substituents is 1. The molecule has 0 unspecified atom stereocenters. The molecule has 13 heavy (non-hydrogen) atoms. The number of benzene rings is 1. The maximum Gasteiger partial charge on any atom is 0.274 e. The molecule has 5 nitrogen and oxygen atoms in total. The minimum absolute atomic E-state index is 0.0178. The fourth-order valence-corrected chi connectivity index (χ4v) is 1.13. The van der Waals surface area contributed by atoms with Crippen LogP contribution in [-0.2, 0) is 0 Å². The van der Waals surface area contributed by atoms with Crippen LogP contribution in [0.4, 0.5) is 17.1 Å². The Morgan fingerprint density at radius 3 is 2.31 bits per heavy atom. The second-order valence-electron chi connectivity index (χ2n) is 2.92. The predicted octanol–water partition coefficient (Wildman–Crippen LogP) is 1.38. The quantitative estimate of drug-likeness (QED) is 0.388. The van der Waals surface area contributed by atoms with Crippen molar-refractivity contribution in [2.24, 2.45) is 0 Å². The summed E-state index contributed by atoms with van der Waals surface area (Å²) in [5.74, 6) is 0. The largest absolute Gasteiger partial charge is 0.397 e. The smallest absolute Gasteiger partial charge is 0.274 e. The molecule has 0 bridgehead atoms. The molecule has 5 heteroatoms. The highest BCUT2D eigenvalue weighted by Gasteiger charge is 2.16. The molecular weight excluding hydrogens is 170 g/mol. The van der Waals surface area contributed by atoms with E-state index in [4.69, 9.17) is 11.5 Å². The van der Waals surface area contributed by atoms with Crippen molar-refractivity contribution in [3.63, 3.8) is 0 Å². The van der Waals surface area contributed by atoms with E-state index in [-0.39, 0.29) is 5.69 Å². The van der Waals surface area contributed by atoms with Gasteiger partial charge in [0.25, 0.3) is 5.69 Å². The van der Waals surface area contributed by atoms with Gasteiger partial charge in [-0.3, -0.25) is 10.1 Å². The van der Waals surface area contributed by atoms with E-state index < -0.39 is 4.92 Å². The minimum atomic E-state index is -0.460. The molecule has 70 valence electrons. The van der Waals surface area contributed by atoms with Crippen LogP contribution >= 0.6 is 0 Å². The summed E-state index contributed by atoms with van der Waals surface area (Å²) in [5.41, 5.74) is 13.0. The maximum atomic E-state index is 10.5. The van der Waals surface area contributed by atoms with Crippen molar-refractivity contribution in [1.29, 1.82) is 0 Å². The Bertz CT molecular complexity index is 374. The zero-order chi connectivity index (χ0) is 10.2. The number of nitrogens with zero attached hydrogens (tertiary/aromatic N) is 1. The van der Waals surface area contributed by atoms with Crippen LogP contribution < -0.4 is 11.5 Å². The van der Waals surface area contributed by atoms with E-state index in [1.807, 2.05) is 0 Å². The van der Waals surface area contributed by atoms with Crippen LogP contribution in [0.15, 0.2) is 6.07 Å². The zero-order valence-electron chi connectivity index (χ0n) is 7.50. The lowest BCUT2D eigenvalue weighted by atomic mass is 10.1. The highest BCUT2D eigenvalue weighted by molar-refractivity contribution is 5.75. The standard InChI is InChI=1S/C8H11N3O2/c1-4-3-6(11(12)13)5(2)8(10)7(4)9/h3H,9-10H2,1-2H3. The van der Waals surface area contributed by atoms with Crippen molar-refractivity contribution in [1.82, 2.24) is 0 Å². The van der Waals surface area contributed by atoms with Gasteiger partial charge in [0.1, 0.15) is 0 Å². The van der Waals surface area contributed by atoms with Crippen molar-refractivity contribution in [2.45, 2.75) is 13.8 Å². The third-order valence-corrected chi connectivity index (χ3v) is 2.05. The molecule has 0 atom stereocenters. The molecule has 0 aliphatic heterocycles. The molecule has 0 amide bonds. The Balaban J connectivity index is 3.50. The molecule has 1 aromatic carbocycles. The van der Waals surface area contributed by atoms with E-state index in [0.29, 0.717) is 22.5 Å². The van der Waals surface area contributed by atoms with E-state index in [1.165, 1.54) is 6.07 Å². The zero-order valence-corrected chi connectivity index (χ0v) is 7.50. The first kappa shape index (κ1) is 9.31. The van der Waals surface area contributed by atoms with Gasteiger partial charge in [-0.1, -0.05) is 0 Å². The van der Waals surface area contributed by atoms with Gasteiger partial charge < -0.3 is 11.5 Å². The first-order chi connectivity index (χ1) is 5.95. The third kappa shape index (κ3) is 1.40. The lowest BCUT2D eigenvalue weighted by Crippen LogP contribution is -2.03. The summed E-state index contributed by atoms with van der Waals surface area (Å²) in [7, 11) is 0. The molecule has 0 aliphatic carbocycles. The topological polar surface area (TPSA) is 95.2 Å². The van der Waals surface area contributed by atoms with Crippen molar-refractivity contribution >= 4 is 17.1 Å². The summed E-state index contributed by atoms with van der Waals surface area (Å²) in [6.45, 7) is 3.28. The monoisotopic (exact) mass is 181 g/mol.